The largest absolute Gasteiger partial charge is 0.313 e. The highest BCUT2D eigenvalue weighted by molar-refractivity contribution is 6.35. The summed E-state index contributed by atoms with van der Waals surface area (Å²) in [6.07, 6.45) is 1.98. The number of hydrogen-bond acceptors (Lipinski definition) is 1. The second-order valence-corrected chi connectivity index (χ2v) is 5.17. The molecule has 0 amide bonds. The first kappa shape index (κ1) is 14.1. The van der Waals surface area contributed by atoms with E-state index in [1.54, 1.807) is 6.07 Å². The van der Waals surface area contributed by atoms with Gasteiger partial charge in [-0.2, -0.15) is 0 Å². The molecule has 0 heterocycles. The third-order valence-electron chi connectivity index (χ3n) is 2.41. The van der Waals surface area contributed by atoms with Crippen LogP contribution in [0.25, 0.3) is 0 Å². The summed E-state index contributed by atoms with van der Waals surface area (Å²) in [4.78, 5) is 0. The molecule has 4 heteroatoms. The molecule has 0 saturated carbocycles. The lowest BCUT2D eigenvalue weighted by atomic mass is 10.2. The van der Waals surface area contributed by atoms with Crippen molar-refractivity contribution in [3.8, 4) is 0 Å². The van der Waals surface area contributed by atoms with Crippen LogP contribution in [-0.2, 0) is 6.54 Å². The lowest BCUT2D eigenvalue weighted by molar-refractivity contribution is 0.622. The van der Waals surface area contributed by atoms with E-state index in [9.17, 15) is 0 Å². The van der Waals surface area contributed by atoms with Gasteiger partial charge in [0, 0.05) is 22.0 Å². The highest BCUT2D eigenvalue weighted by atomic mass is 35.5. The molecule has 1 aromatic rings. The SMILES string of the molecule is CCC(Cl)CCNCc1ccc(Cl)cc1Cl. The van der Waals surface area contributed by atoms with E-state index in [-0.39, 0.29) is 5.38 Å². The van der Waals surface area contributed by atoms with E-state index in [0.717, 1.165) is 31.5 Å². The molecule has 0 bridgehead atoms. The quantitative estimate of drug-likeness (QED) is 0.598. The molecule has 0 fully saturated rings. The molecule has 0 saturated heterocycles. The number of nitrogens with one attached hydrogen (secondary N) is 1. The Morgan fingerprint density at radius 3 is 2.69 bits per heavy atom. The Balaban J connectivity index is 2.32. The predicted molar refractivity (Wildman–Crippen MR) is 72.7 cm³/mol. The number of halogens is 3. The third-order valence-corrected chi connectivity index (χ3v) is 3.52. The van der Waals surface area contributed by atoms with Crippen molar-refractivity contribution >= 4 is 34.8 Å². The van der Waals surface area contributed by atoms with Crippen LogP contribution in [0, 0.1) is 0 Å². The molecule has 1 aromatic carbocycles. The highest BCUT2D eigenvalue weighted by Gasteiger charge is 2.02. The fourth-order valence-corrected chi connectivity index (χ4v) is 1.94. The van der Waals surface area contributed by atoms with Crippen molar-refractivity contribution in [2.75, 3.05) is 6.54 Å². The Morgan fingerprint density at radius 1 is 1.31 bits per heavy atom. The van der Waals surface area contributed by atoms with Gasteiger partial charge in [0.2, 0.25) is 0 Å². The first-order valence-corrected chi connectivity index (χ1v) is 6.61. The van der Waals surface area contributed by atoms with Crippen molar-refractivity contribution in [3.63, 3.8) is 0 Å². The van der Waals surface area contributed by atoms with Gasteiger partial charge in [-0.25, -0.2) is 0 Å². The normalized spacial score (nSPS) is 12.8. The van der Waals surface area contributed by atoms with E-state index in [1.807, 2.05) is 12.1 Å². The topological polar surface area (TPSA) is 12.0 Å². The Hall–Kier alpha value is 0.0500. The van der Waals surface area contributed by atoms with Gasteiger partial charge in [0.25, 0.3) is 0 Å². The molecule has 1 N–H and O–H groups in total. The summed E-state index contributed by atoms with van der Waals surface area (Å²) in [5.41, 5.74) is 1.06. The Morgan fingerprint density at radius 2 is 2.06 bits per heavy atom. The summed E-state index contributed by atoms with van der Waals surface area (Å²) >= 11 is 17.9. The van der Waals surface area contributed by atoms with Crippen molar-refractivity contribution in [2.45, 2.75) is 31.7 Å². The highest BCUT2D eigenvalue weighted by Crippen LogP contribution is 2.20. The maximum atomic E-state index is 6.05. The Kier molecular flexibility index (Phi) is 6.52. The summed E-state index contributed by atoms with van der Waals surface area (Å²) in [6, 6.07) is 5.55. The zero-order chi connectivity index (χ0) is 12.0. The molecule has 90 valence electrons. The van der Waals surface area contributed by atoms with Gasteiger partial charge in [-0.1, -0.05) is 36.2 Å². The number of benzene rings is 1. The van der Waals surface area contributed by atoms with Crippen molar-refractivity contribution in [1.29, 1.82) is 0 Å². The molecule has 0 aliphatic carbocycles. The first-order valence-electron chi connectivity index (χ1n) is 5.42. The van der Waals surface area contributed by atoms with Crippen LogP contribution in [0.5, 0.6) is 0 Å². The number of hydrogen-bond donors (Lipinski definition) is 1. The van der Waals surface area contributed by atoms with Crippen LogP contribution < -0.4 is 5.32 Å². The lowest BCUT2D eigenvalue weighted by Gasteiger charge is -2.09. The van der Waals surface area contributed by atoms with Crippen LogP contribution in [0.15, 0.2) is 18.2 Å². The van der Waals surface area contributed by atoms with E-state index in [0.29, 0.717) is 10.0 Å². The molecule has 0 aromatic heterocycles. The summed E-state index contributed by atoms with van der Waals surface area (Å²) < 4.78 is 0. The zero-order valence-electron chi connectivity index (χ0n) is 9.27. The van der Waals surface area contributed by atoms with Crippen molar-refractivity contribution in [2.24, 2.45) is 0 Å². The third kappa shape index (κ3) is 4.92. The van der Waals surface area contributed by atoms with Crippen LogP contribution in [0.2, 0.25) is 10.0 Å². The van der Waals surface area contributed by atoms with Gasteiger partial charge in [-0.3, -0.25) is 0 Å². The van der Waals surface area contributed by atoms with Crippen LogP contribution in [0.1, 0.15) is 25.3 Å². The fourth-order valence-electron chi connectivity index (χ4n) is 1.35. The van der Waals surface area contributed by atoms with Crippen molar-refractivity contribution in [1.82, 2.24) is 5.32 Å². The smallest absolute Gasteiger partial charge is 0.0465 e. The summed E-state index contributed by atoms with van der Waals surface area (Å²) in [7, 11) is 0. The standard InChI is InChI=1S/C12H16Cl3N/c1-2-10(13)5-6-16-8-9-3-4-11(14)7-12(9)15/h3-4,7,10,16H,2,5-6,8H2,1H3. The Bertz CT molecular complexity index is 328. The summed E-state index contributed by atoms with van der Waals surface area (Å²) in [5.74, 6) is 0. The second-order valence-electron chi connectivity index (χ2n) is 3.71. The van der Waals surface area contributed by atoms with Crippen LogP contribution >= 0.6 is 34.8 Å². The minimum Gasteiger partial charge on any atom is -0.313 e. The lowest BCUT2D eigenvalue weighted by Crippen LogP contribution is -2.17. The molecule has 1 unspecified atom stereocenters. The van der Waals surface area contributed by atoms with Crippen LogP contribution in [0.4, 0.5) is 0 Å². The molecule has 1 atom stereocenters. The monoisotopic (exact) mass is 279 g/mol. The van der Waals surface area contributed by atoms with E-state index in [1.165, 1.54) is 0 Å². The fraction of sp³-hybridized carbons (Fsp3) is 0.500. The summed E-state index contributed by atoms with van der Waals surface area (Å²) in [6.45, 7) is 3.75. The van der Waals surface area contributed by atoms with E-state index < -0.39 is 0 Å². The van der Waals surface area contributed by atoms with Gasteiger partial charge in [0.15, 0.2) is 0 Å². The molecule has 0 aliphatic rings. The second kappa shape index (κ2) is 7.39. The van der Waals surface area contributed by atoms with Crippen molar-refractivity contribution < 1.29 is 0 Å². The van der Waals surface area contributed by atoms with Gasteiger partial charge < -0.3 is 5.32 Å². The maximum absolute atomic E-state index is 6.05. The molecule has 0 radical (unpaired) electrons. The van der Waals surface area contributed by atoms with Gasteiger partial charge in [0.05, 0.1) is 0 Å². The zero-order valence-corrected chi connectivity index (χ0v) is 11.5. The molecular weight excluding hydrogens is 264 g/mol. The molecule has 1 rings (SSSR count). The minimum atomic E-state index is 0.258. The minimum absolute atomic E-state index is 0.258. The van der Waals surface area contributed by atoms with Gasteiger partial charge >= 0.3 is 0 Å². The van der Waals surface area contributed by atoms with Gasteiger partial charge in [0.1, 0.15) is 0 Å². The Labute approximate surface area is 112 Å². The molecule has 1 nitrogen and oxygen atoms in total. The molecule has 0 aliphatic heterocycles. The predicted octanol–water partition coefficient (Wildman–Crippen LogP) is 4.49. The van der Waals surface area contributed by atoms with E-state index in [4.69, 9.17) is 34.8 Å². The molecular formula is C12H16Cl3N. The van der Waals surface area contributed by atoms with Crippen LogP contribution in [-0.4, -0.2) is 11.9 Å². The van der Waals surface area contributed by atoms with Gasteiger partial charge in [-0.15, -0.1) is 11.6 Å². The van der Waals surface area contributed by atoms with Crippen molar-refractivity contribution in [3.05, 3.63) is 33.8 Å². The number of alkyl halides is 1. The maximum Gasteiger partial charge on any atom is 0.0465 e. The average Bonchev–Trinajstić information content (AvgIpc) is 2.26. The van der Waals surface area contributed by atoms with Crippen LogP contribution in [0.3, 0.4) is 0 Å². The van der Waals surface area contributed by atoms with E-state index >= 15 is 0 Å². The number of rotatable bonds is 6. The van der Waals surface area contributed by atoms with Gasteiger partial charge in [-0.05, 0) is 37.1 Å². The molecule has 16 heavy (non-hydrogen) atoms. The first-order chi connectivity index (χ1) is 7.63. The summed E-state index contributed by atoms with van der Waals surface area (Å²) in [5, 5.41) is 4.95. The van der Waals surface area contributed by atoms with E-state index in [2.05, 4.69) is 12.2 Å². The molecule has 0 spiro atoms. The average molecular weight is 281 g/mol.